The molecule has 0 radical (unpaired) electrons. The second-order valence-electron chi connectivity index (χ2n) is 10.5. The molecule has 0 bridgehead atoms. The number of nitrogens with zero attached hydrogens (tertiary/aromatic N) is 2. The van der Waals surface area contributed by atoms with Crippen LogP contribution in [0.5, 0.6) is 0 Å². The van der Waals surface area contributed by atoms with Crippen molar-refractivity contribution in [2.75, 3.05) is 26.2 Å². The highest BCUT2D eigenvalue weighted by atomic mass is 19.4. The molecule has 2 aromatic carbocycles. The minimum absolute atomic E-state index is 0.0462. The van der Waals surface area contributed by atoms with Gasteiger partial charge in [0.05, 0.1) is 5.56 Å². The number of alkyl halides is 3. The summed E-state index contributed by atoms with van der Waals surface area (Å²) in [7, 11) is 0. The Morgan fingerprint density at radius 3 is 2.26 bits per heavy atom. The molecule has 2 saturated heterocycles. The van der Waals surface area contributed by atoms with Gasteiger partial charge in [0.25, 0.3) is 0 Å². The Labute approximate surface area is 225 Å². The predicted octanol–water partition coefficient (Wildman–Crippen LogP) is 5.77. The van der Waals surface area contributed by atoms with Gasteiger partial charge in [-0.2, -0.15) is 13.2 Å². The molecule has 6 nitrogen and oxygen atoms in total. The zero-order chi connectivity index (χ0) is 27.6. The molecule has 2 fully saturated rings. The minimum Gasteiger partial charge on any atom is -0.480 e. The number of aromatic nitrogens is 1. The van der Waals surface area contributed by atoms with Crippen LogP contribution < -0.4 is 0 Å². The van der Waals surface area contributed by atoms with Gasteiger partial charge in [-0.1, -0.05) is 30.3 Å². The summed E-state index contributed by atoms with van der Waals surface area (Å²) in [6.07, 6.45) is 3.55. The van der Waals surface area contributed by atoms with Gasteiger partial charge in [-0.05, 0) is 86.0 Å². The molecule has 0 spiro atoms. The van der Waals surface area contributed by atoms with Crippen LogP contribution in [0.2, 0.25) is 0 Å². The second-order valence-corrected chi connectivity index (χ2v) is 10.5. The molecule has 9 heteroatoms. The molecule has 1 aromatic heterocycles. The van der Waals surface area contributed by atoms with Crippen molar-refractivity contribution in [3.05, 3.63) is 77.5 Å². The number of carbonyl (C=O) groups is 2. The van der Waals surface area contributed by atoms with Gasteiger partial charge in [0.15, 0.2) is 0 Å². The van der Waals surface area contributed by atoms with Gasteiger partial charge in [0.2, 0.25) is 5.91 Å². The Kier molecular flexibility index (Phi) is 7.79. The molecule has 1 unspecified atom stereocenters. The van der Waals surface area contributed by atoms with Gasteiger partial charge >= 0.3 is 12.1 Å². The molecule has 206 valence electrons. The maximum absolute atomic E-state index is 12.7. The fraction of sp³-hybridized carbons (Fsp3) is 0.400. The highest BCUT2D eigenvalue weighted by Gasteiger charge is 2.38. The quantitative estimate of drug-likeness (QED) is 0.390. The van der Waals surface area contributed by atoms with Crippen LogP contribution in [0.1, 0.15) is 48.3 Å². The van der Waals surface area contributed by atoms with Crippen LogP contribution in [0.25, 0.3) is 17.0 Å². The summed E-state index contributed by atoms with van der Waals surface area (Å²) in [6, 6.07) is 12.3. The summed E-state index contributed by atoms with van der Waals surface area (Å²) in [5, 5.41) is 11.3. The van der Waals surface area contributed by atoms with Crippen molar-refractivity contribution >= 4 is 28.9 Å². The third kappa shape index (κ3) is 6.03. The lowest BCUT2D eigenvalue weighted by atomic mass is 9.84. The number of hydrogen-bond donors (Lipinski definition) is 2. The lowest BCUT2D eigenvalue weighted by molar-refractivity contribution is -0.147. The van der Waals surface area contributed by atoms with Gasteiger partial charge in [0.1, 0.15) is 6.04 Å². The summed E-state index contributed by atoms with van der Waals surface area (Å²) in [5.74, 6) is -0.690. The van der Waals surface area contributed by atoms with Crippen LogP contribution in [0, 0.1) is 5.92 Å². The summed E-state index contributed by atoms with van der Waals surface area (Å²) >= 11 is 0. The van der Waals surface area contributed by atoms with Crippen molar-refractivity contribution in [1.82, 2.24) is 14.8 Å². The number of likely N-dealkylation sites (tertiary alicyclic amines) is 2. The first-order valence-electron chi connectivity index (χ1n) is 13.4. The Balaban J connectivity index is 1.14. The molecule has 0 saturated carbocycles. The van der Waals surface area contributed by atoms with Crippen molar-refractivity contribution in [2.24, 2.45) is 5.92 Å². The molecule has 1 amide bonds. The maximum atomic E-state index is 12.7. The number of rotatable bonds is 6. The van der Waals surface area contributed by atoms with Gasteiger partial charge in [-0.15, -0.1) is 0 Å². The second kappa shape index (κ2) is 11.3. The lowest BCUT2D eigenvalue weighted by Crippen LogP contribution is -2.52. The predicted molar refractivity (Wildman–Crippen MR) is 143 cm³/mol. The van der Waals surface area contributed by atoms with E-state index in [0.29, 0.717) is 37.4 Å². The summed E-state index contributed by atoms with van der Waals surface area (Å²) in [6.45, 7) is 2.35. The van der Waals surface area contributed by atoms with Crippen LogP contribution in [0.15, 0.2) is 60.8 Å². The fourth-order valence-electron chi connectivity index (χ4n) is 6.07. The normalized spacial score (nSPS) is 19.1. The third-order valence-corrected chi connectivity index (χ3v) is 8.19. The van der Waals surface area contributed by atoms with Crippen LogP contribution in [0.4, 0.5) is 13.2 Å². The van der Waals surface area contributed by atoms with E-state index in [1.54, 1.807) is 4.90 Å². The SMILES string of the molecule is O=C(O)C(C1CCN(C(=O)C=Cc2ccc(C(F)(F)F)cc2)CC1)N1CCC(c2c[nH]c3ccccc23)CC1. The molecule has 1 atom stereocenters. The zero-order valence-corrected chi connectivity index (χ0v) is 21.5. The zero-order valence-electron chi connectivity index (χ0n) is 21.5. The molecule has 0 aliphatic carbocycles. The number of carboxylic acids is 1. The highest BCUT2D eigenvalue weighted by Crippen LogP contribution is 2.35. The lowest BCUT2D eigenvalue weighted by Gasteiger charge is -2.41. The van der Waals surface area contributed by atoms with Crippen molar-refractivity contribution in [1.29, 1.82) is 0 Å². The number of aliphatic carboxylic acids is 1. The van der Waals surface area contributed by atoms with E-state index in [1.807, 2.05) is 12.1 Å². The molecule has 2 N–H and O–H groups in total. The Morgan fingerprint density at radius 1 is 0.949 bits per heavy atom. The number of H-pyrrole nitrogens is 1. The van der Waals surface area contributed by atoms with E-state index in [4.69, 9.17) is 0 Å². The van der Waals surface area contributed by atoms with Crippen LogP contribution in [-0.4, -0.2) is 64.0 Å². The number of hydrogen-bond acceptors (Lipinski definition) is 3. The topological polar surface area (TPSA) is 76.6 Å². The first-order chi connectivity index (χ1) is 18.7. The number of piperidine rings is 2. The smallest absolute Gasteiger partial charge is 0.416 e. The van der Waals surface area contributed by atoms with Gasteiger partial charge in [0, 0.05) is 36.3 Å². The van der Waals surface area contributed by atoms with Crippen molar-refractivity contribution < 1.29 is 27.9 Å². The average Bonchev–Trinajstić information content (AvgIpc) is 3.36. The van der Waals surface area contributed by atoms with Crippen molar-refractivity contribution in [2.45, 2.75) is 43.8 Å². The first-order valence-corrected chi connectivity index (χ1v) is 13.4. The van der Waals surface area contributed by atoms with E-state index >= 15 is 0 Å². The first kappa shape index (κ1) is 27.0. The fourth-order valence-corrected chi connectivity index (χ4v) is 6.07. The highest BCUT2D eigenvalue weighted by molar-refractivity contribution is 5.91. The van der Waals surface area contributed by atoms with E-state index in [2.05, 4.69) is 28.2 Å². The van der Waals surface area contributed by atoms with E-state index < -0.39 is 23.8 Å². The third-order valence-electron chi connectivity index (χ3n) is 8.19. The number of para-hydroxylation sites is 1. The van der Waals surface area contributed by atoms with Gasteiger partial charge in [-0.3, -0.25) is 14.5 Å². The molecule has 2 aliphatic heterocycles. The number of carbonyl (C=O) groups excluding carboxylic acids is 1. The molecular weight excluding hydrogens is 507 g/mol. The van der Waals surface area contributed by atoms with Crippen molar-refractivity contribution in [3.63, 3.8) is 0 Å². The Bertz CT molecular complexity index is 1330. The molecular formula is C30H32F3N3O3. The van der Waals surface area contributed by atoms with E-state index in [1.165, 1.54) is 35.2 Å². The molecule has 39 heavy (non-hydrogen) atoms. The summed E-state index contributed by atoms with van der Waals surface area (Å²) < 4.78 is 38.2. The van der Waals surface area contributed by atoms with E-state index in [0.717, 1.165) is 43.6 Å². The molecule has 5 rings (SSSR count). The monoisotopic (exact) mass is 539 g/mol. The molecule has 3 aromatic rings. The van der Waals surface area contributed by atoms with E-state index in [9.17, 15) is 27.9 Å². The van der Waals surface area contributed by atoms with Crippen LogP contribution in [0.3, 0.4) is 0 Å². The van der Waals surface area contributed by atoms with E-state index in [-0.39, 0.29) is 11.8 Å². The molecule has 3 heterocycles. The number of halogens is 3. The maximum Gasteiger partial charge on any atom is 0.416 e. The summed E-state index contributed by atoms with van der Waals surface area (Å²) in [5.41, 5.74) is 2.19. The average molecular weight is 540 g/mol. The number of aromatic amines is 1. The van der Waals surface area contributed by atoms with Gasteiger partial charge in [-0.25, -0.2) is 0 Å². The number of fused-ring (bicyclic) bond motifs is 1. The Morgan fingerprint density at radius 2 is 1.62 bits per heavy atom. The number of amides is 1. The standard InChI is InChI=1S/C30H32F3N3O3/c31-30(32,33)23-8-5-20(6-9-23)7-10-27(37)35-15-13-22(14-16-35)28(29(38)39)36-17-11-21(12-18-36)25-19-34-26-4-2-1-3-24(25)26/h1-10,19,21-22,28,34H,11-18H2,(H,38,39). The van der Waals surface area contributed by atoms with Crippen LogP contribution in [-0.2, 0) is 15.8 Å². The minimum atomic E-state index is -4.40. The number of benzene rings is 2. The van der Waals surface area contributed by atoms with Gasteiger partial charge < -0.3 is 15.0 Å². The van der Waals surface area contributed by atoms with Crippen molar-refractivity contribution in [3.8, 4) is 0 Å². The number of carboxylic acid groups (broad SMARTS) is 1. The Hall–Kier alpha value is -3.59. The summed E-state index contributed by atoms with van der Waals surface area (Å²) in [4.78, 5) is 32.1. The molecule has 2 aliphatic rings. The van der Waals surface area contributed by atoms with Crippen LogP contribution >= 0.6 is 0 Å². The largest absolute Gasteiger partial charge is 0.480 e. The number of nitrogens with one attached hydrogen (secondary N) is 1.